The number of hydrogen-bond acceptors (Lipinski definition) is 1. The fourth-order valence-corrected chi connectivity index (χ4v) is 3.22. The number of carbonyl (C=O) groups is 1. The van der Waals surface area contributed by atoms with Crippen LogP contribution in [0.1, 0.15) is 17.0 Å². The maximum Gasteiger partial charge on any atom is 0.402 e. The summed E-state index contributed by atoms with van der Waals surface area (Å²) in [6.07, 6.45) is -5.31. The molecule has 0 saturated carbocycles. The first-order chi connectivity index (χ1) is 11.1. The molecule has 0 radical (unpaired) electrons. The Bertz CT molecular complexity index is 757. The predicted molar refractivity (Wildman–Crippen MR) is 88.1 cm³/mol. The summed E-state index contributed by atoms with van der Waals surface area (Å²) in [6.45, 7) is 0. The molecule has 0 aliphatic carbocycles. The lowest BCUT2D eigenvalue weighted by Crippen LogP contribution is -2.29. The highest BCUT2D eigenvalue weighted by Crippen LogP contribution is 2.38. The lowest BCUT2D eigenvalue weighted by Gasteiger charge is -2.20. The SMILES string of the molecule is O=C(Cc1ccc(F)c(Br)c1)C(c1cc(Cl)cc(Cl)c1)C(F)(F)F. The zero-order chi connectivity index (χ0) is 18.1. The fourth-order valence-electron chi connectivity index (χ4n) is 2.25. The number of carbonyl (C=O) groups excluding carboxylic acids is 1. The van der Waals surface area contributed by atoms with E-state index in [0.29, 0.717) is 0 Å². The van der Waals surface area contributed by atoms with Crippen molar-refractivity contribution in [2.75, 3.05) is 0 Å². The molecule has 128 valence electrons. The minimum absolute atomic E-state index is 0.00377. The number of alkyl halides is 3. The van der Waals surface area contributed by atoms with E-state index in [0.717, 1.165) is 18.2 Å². The van der Waals surface area contributed by atoms with Crippen molar-refractivity contribution in [1.82, 2.24) is 0 Å². The van der Waals surface area contributed by atoms with Crippen LogP contribution in [0, 0.1) is 5.82 Å². The third-order valence-corrected chi connectivity index (χ3v) is 4.27. The summed E-state index contributed by atoms with van der Waals surface area (Å²) in [4.78, 5) is 12.3. The number of hydrogen-bond donors (Lipinski definition) is 0. The van der Waals surface area contributed by atoms with Crippen LogP contribution in [0.25, 0.3) is 0 Å². The first kappa shape index (κ1) is 19.2. The minimum atomic E-state index is -4.80. The minimum Gasteiger partial charge on any atom is -0.298 e. The molecule has 1 nitrogen and oxygen atoms in total. The molecule has 0 aliphatic rings. The molecule has 1 unspecified atom stereocenters. The maximum atomic E-state index is 13.4. The summed E-state index contributed by atoms with van der Waals surface area (Å²) < 4.78 is 53.4. The average molecular weight is 444 g/mol. The van der Waals surface area contributed by atoms with E-state index < -0.39 is 30.1 Å². The first-order valence-corrected chi connectivity index (χ1v) is 8.12. The topological polar surface area (TPSA) is 17.1 Å². The van der Waals surface area contributed by atoms with Crippen LogP contribution < -0.4 is 0 Å². The summed E-state index contributed by atoms with van der Waals surface area (Å²) in [5.41, 5.74) is -0.0678. The van der Waals surface area contributed by atoms with E-state index in [-0.39, 0.29) is 25.6 Å². The number of Topliss-reactive ketones (excluding diaryl/α,β-unsaturated/α-hetero) is 1. The Balaban J connectivity index is 2.37. The van der Waals surface area contributed by atoms with Gasteiger partial charge in [0, 0.05) is 16.5 Å². The Labute approximate surface area is 153 Å². The highest BCUT2D eigenvalue weighted by atomic mass is 79.9. The Hall–Kier alpha value is -1.11. The Kier molecular flexibility index (Phi) is 5.94. The summed E-state index contributed by atoms with van der Waals surface area (Å²) in [6, 6.07) is 7.00. The van der Waals surface area contributed by atoms with Crippen LogP contribution in [-0.4, -0.2) is 12.0 Å². The molecule has 24 heavy (non-hydrogen) atoms. The van der Waals surface area contributed by atoms with Gasteiger partial charge in [0.2, 0.25) is 0 Å². The van der Waals surface area contributed by atoms with E-state index in [1.54, 1.807) is 0 Å². The van der Waals surface area contributed by atoms with E-state index in [1.807, 2.05) is 0 Å². The zero-order valence-electron chi connectivity index (χ0n) is 11.8. The molecule has 1 atom stereocenters. The van der Waals surface area contributed by atoms with E-state index >= 15 is 0 Å². The molecule has 0 spiro atoms. The van der Waals surface area contributed by atoms with Crippen LogP contribution >= 0.6 is 39.1 Å². The van der Waals surface area contributed by atoms with Gasteiger partial charge in [-0.3, -0.25) is 4.79 Å². The molecule has 2 rings (SSSR count). The average Bonchev–Trinajstić information content (AvgIpc) is 2.40. The summed E-state index contributed by atoms with van der Waals surface area (Å²) >= 11 is 14.4. The third-order valence-electron chi connectivity index (χ3n) is 3.23. The second kappa shape index (κ2) is 7.42. The van der Waals surface area contributed by atoms with Gasteiger partial charge >= 0.3 is 6.18 Å². The molecule has 0 aromatic heterocycles. The van der Waals surface area contributed by atoms with Crippen LogP contribution in [-0.2, 0) is 11.2 Å². The van der Waals surface area contributed by atoms with Gasteiger partial charge in [-0.05, 0) is 57.4 Å². The number of rotatable bonds is 4. The predicted octanol–water partition coefficient (Wildman–Crippen LogP) is 6.35. The first-order valence-electron chi connectivity index (χ1n) is 6.57. The van der Waals surface area contributed by atoms with Gasteiger partial charge in [-0.2, -0.15) is 13.2 Å². The second-order valence-electron chi connectivity index (χ2n) is 5.07. The van der Waals surface area contributed by atoms with Crippen molar-refractivity contribution in [2.45, 2.75) is 18.5 Å². The van der Waals surface area contributed by atoms with Gasteiger partial charge in [0.25, 0.3) is 0 Å². The van der Waals surface area contributed by atoms with Crippen LogP contribution in [0.3, 0.4) is 0 Å². The molecule has 2 aromatic rings. The smallest absolute Gasteiger partial charge is 0.298 e. The summed E-state index contributed by atoms with van der Waals surface area (Å²) in [5.74, 6) is -4.02. The molecule has 0 heterocycles. The van der Waals surface area contributed by atoms with Gasteiger partial charge < -0.3 is 0 Å². The highest BCUT2D eigenvalue weighted by Gasteiger charge is 2.45. The van der Waals surface area contributed by atoms with Crippen molar-refractivity contribution < 1.29 is 22.4 Å². The van der Waals surface area contributed by atoms with Gasteiger partial charge in [0.15, 0.2) is 5.78 Å². The third kappa shape index (κ3) is 4.71. The molecule has 0 bridgehead atoms. The number of benzene rings is 2. The maximum absolute atomic E-state index is 13.4. The van der Waals surface area contributed by atoms with Gasteiger partial charge in [-0.15, -0.1) is 0 Å². The standard InChI is InChI=1S/C16H9BrCl2F4O/c17-12-3-8(1-2-13(12)20)4-14(24)15(16(21,22)23)9-5-10(18)7-11(19)6-9/h1-3,5-7,15H,4H2. The van der Waals surface area contributed by atoms with Crippen LogP contribution in [0.15, 0.2) is 40.9 Å². The van der Waals surface area contributed by atoms with Crippen molar-refractivity contribution >= 4 is 44.9 Å². The second-order valence-corrected chi connectivity index (χ2v) is 6.80. The lowest BCUT2D eigenvalue weighted by atomic mass is 9.90. The van der Waals surface area contributed by atoms with Crippen molar-refractivity contribution in [3.8, 4) is 0 Å². The van der Waals surface area contributed by atoms with E-state index in [9.17, 15) is 22.4 Å². The van der Waals surface area contributed by atoms with Gasteiger partial charge in [0.05, 0.1) is 4.47 Å². The Morgan fingerprint density at radius 1 is 1.08 bits per heavy atom. The molecular weight excluding hydrogens is 435 g/mol. The van der Waals surface area contributed by atoms with E-state index in [4.69, 9.17) is 23.2 Å². The van der Waals surface area contributed by atoms with Crippen LogP contribution in [0.4, 0.5) is 17.6 Å². The quantitative estimate of drug-likeness (QED) is 0.503. The molecule has 0 amide bonds. The largest absolute Gasteiger partial charge is 0.402 e. The lowest BCUT2D eigenvalue weighted by molar-refractivity contribution is -0.163. The van der Waals surface area contributed by atoms with Crippen LogP contribution in [0.2, 0.25) is 10.0 Å². The molecule has 8 heteroatoms. The van der Waals surface area contributed by atoms with Gasteiger partial charge in [-0.1, -0.05) is 29.3 Å². The molecule has 0 aliphatic heterocycles. The molecule has 0 fully saturated rings. The van der Waals surface area contributed by atoms with Gasteiger partial charge in [-0.25, -0.2) is 4.39 Å². The highest BCUT2D eigenvalue weighted by molar-refractivity contribution is 9.10. The number of halogens is 7. The molecular formula is C16H9BrCl2F4O. The van der Waals surface area contributed by atoms with E-state index in [1.165, 1.54) is 18.2 Å². The molecule has 0 saturated heterocycles. The number of ketones is 1. The Morgan fingerprint density at radius 2 is 1.67 bits per heavy atom. The summed E-state index contributed by atoms with van der Waals surface area (Å²) in [5, 5.41) is 0.00755. The van der Waals surface area contributed by atoms with Crippen LogP contribution in [0.5, 0.6) is 0 Å². The van der Waals surface area contributed by atoms with Gasteiger partial charge in [0.1, 0.15) is 11.7 Å². The van der Waals surface area contributed by atoms with E-state index in [2.05, 4.69) is 15.9 Å². The zero-order valence-corrected chi connectivity index (χ0v) is 14.9. The molecule has 0 N–H and O–H groups in total. The monoisotopic (exact) mass is 442 g/mol. The normalized spacial score (nSPS) is 13.0. The van der Waals surface area contributed by atoms with Crippen molar-refractivity contribution in [2.24, 2.45) is 0 Å². The summed E-state index contributed by atoms with van der Waals surface area (Å²) in [7, 11) is 0. The van der Waals surface area contributed by atoms with Crippen molar-refractivity contribution in [1.29, 1.82) is 0 Å². The Morgan fingerprint density at radius 3 is 2.17 bits per heavy atom. The van der Waals surface area contributed by atoms with Crippen molar-refractivity contribution in [3.05, 3.63) is 67.9 Å². The fraction of sp³-hybridized carbons (Fsp3) is 0.188. The molecule has 2 aromatic carbocycles. The van der Waals surface area contributed by atoms with Crippen molar-refractivity contribution in [3.63, 3.8) is 0 Å².